The van der Waals surface area contributed by atoms with Crippen molar-refractivity contribution in [2.75, 3.05) is 19.8 Å². The molecule has 6 heteroatoms. The van der Waals surface area contributed by atoms with E-state index in [0.717, 1.165) is 31.2 Å². The third kappa shape index (κ3) is 3.76. The molecule has 2 fully saturated rings. The number of rotatable bonds is 4. The minimum atomic E-state index is -3.70. The van der Waals surface area contributed by atoms with Gasteiger partial charge in [-0.25, -0.2) is 0 Å². The van der Waals surface area contributed by atoms with E-state index in [1.807, 2.05) is 6.92 Å². The van der Waals surface area contributed by atoms with Gasteiger partial charge in [-0.05, 0) is 37.3 Å². The van der Waals surface area contributed by atoms with Crippen molar-refractivity contribution in [3.63, 3.8) is 0 Å². The Balaban J connectivity index is 1.60. The Labute approximate surface area is 138 Å². The first-order valence-electron chi connectivity index (χ1n) is 8.07. The molecule has 1 aliphatic carbocycles. The highest BCUT2D eigenvalue weighted by atomic mass is 32.2. The second kappa shape index (κ2) is 6.16. The molecule has 0 N–H and O–H groups in total. The largest absolute Gasteiger partial charge is 0.348 e. The Morgan fingerprint density at radius 2 is 1.61 bits per heavy atom. The summed E-state index contributed by atoms with van der Waals surface area (Å²) in [6, 6.07) is 6.72. The van der Waals surface area contributed by atoms with E-state index in [9.17, 15) is 8.42 Å². The average Bonchev–Trinajstić information content (AvgIpc) is 2.99. The minimum Gasteiger partial charge on any atom is -0.348 e. The summed E-state index contributed by atoms with van der Waals surface area (Å²) in [5.41, 5.74) is 0.850. The van der Waals surface area contributed by atoms with Gasteiger partial charge in [0.15, 0.2) is 5.79 Å². The van der Waals surface area contributed by atoms with Crippen LogP contribution in [0.1, 0.15) is 38.2 Å². The van der Waals surface area contributed by atoms with Crippen LogP contribution in [0.25, 0.3) is 0 Å². The molecule has 1 saturated carbocycles. The molecule has 0 radical (unpaired) electrons. The molecule has 0 atom stereocenters. The predicted octanol–water partition coefficient (Wildman–Crippen LogP) is 3.02. The van der Waals surface area contributed by atoms with Crippen LogP contribution in [0.15, 0.2) is 29.2 Å². The second-order valence-corrected chi connectivity index (χ2v) is 8.56. The van der Waals surface area contributed by atoms with Crippen molar-refractivity contribution >= 4 is 10.1 Å². The molecule has 0 aromatic heterocycles. The van der Waals surface area contributed by atoms with Crippen molar-refractivity contribution in [3.05, 3.63) is 29.8 Å². The Hall–Kier alpha value is -0.950. The molecule has 0 amide bonds. The van der Waals surface area contributed by atoms with E-state index in [2.05, 4.69) is 6.92 Å². The monoisotopic (exact) mass is 340 g/mol. The molecule has 1 aliphatic heterocycles. The van der Waals surface area contributed by atoms with Crippen LogP contribution >= 0.6 is 0 Å². The molecule has 5 nitrogen and oxygen atoms in total. The summed E-state index contributed by atoms with van der Waals surface area (Å²) in [5, 5.41) is 0. The summed E-state index contributed by atoms with van der Waals surface area (Å²) in [5.74, 6) is -0.435. The summed E-state index contributed by atoms with van der Waals surface area (Å²) in [6.07, 6.45) is 3.24. The van der Waals surface area contributed by atoms with Crippen molar-refractivity contribution in [1.82, 2.24) is 0 Å². The zero-order chi connectivity index (χ0) is 16.6. The third-order valence-corrected chi connectivity index (χ3v) is 6.18. The fraction of sp³-hybridized carbons (Fsp3) is 0.647. The van der Waals surface area contributed by atoms with E-state index in [1.165, 1.54) is 0 Å². The lowest BCUT2D eigenvalue weighted by Gasteiger charge is -2.41. The van der Waals surface area contributed by atoms with Gasteiger partial charge in [0.25, 0.3) is 10.1 Å². The summed E-state index contributed by atoms with van der Waals surface area (Å²) in [4.78, 5) is 0.210. The molecular weight excluding hydrogens is 316 g/mol. The highest BCUT2D eigenvalue weighted by molar-refractivity contribution is 7.86. The first-order chi connectivity index (χ1) is 10.8. The Morgan fingerprint density at radius 1 is 1.04 bits per heavy atom. The van der Waals surface area contributed by atoms with E-state index < -0.39 is 15.9 Å². The van der Waals surface area contributed by atoms with E-state index in [4.69, 9.17) is 13.7 Å². The molecule has 1 saturated heterocycles. The Morgan fingerprint density at radius 3 is 2.17 bits per heavy atom. The topological polar surface area (TPSA) is 61.8 Å². The van der Waals surface area contributed by atoms with Gasteiger partial charge < -0.3 is 9.47 Å². The smallest absolute Gasteiger partial charge is 0.296 e. The first-order valence-corrected chi connectivity index (χ1v) is 9.48. The highest BCUT2D eigenvalue weighted by Crippen LogP contribution is 2.44. The number of hydrogen-bond acceptors (Lipinski definition) is 5. The summed E-state index contributed by atoms with van der Waals surface area (Å²) < 4.78 is 41.4. The van der Waals surface area contributed by atoms with E-state index in [1.54, 1.807) is 24.3 Å². The number of ether oxygens (including phenoxy) is 2. The van der Waals surface area contributed by atoms with Crippen molar-refractivity contribution in [3.8, 4) is 0 Å². The molecule has 1 aromatic carbocycles. The summed E-state index contributed by atoms with van der Waals surface area (Å²) >= 11 is 0. The van der Waals surface area contributed by atoms with Crippen molar-refractivity contribution in [1.29, 1.82) is 0 Å². The molecule has 1 spiro atoms. The molecular formula is C17H24O5S. The molecule has 3 rings (SSSR count). The molecule has 2 aliphatic rings. The van der Waals surface area contributed by atoms with Crippen LogP contribution in [-0.4, -0.2) is 34.0 Å². The summed E-state index contributed by atoms with van der Waals surface area (Å²) in [6.45, 7) is 5.48. The quantitative estimate of drug-likeness (QED) is 0.789. The van der Waals surface area contributed by atoms with Crippen LogP contribution in [0.4, 0.5) is 0 Å². The zero-order valence-electron chi connectivity index (χ0n) is 13.7. The van der Waals surface area contributed by atoms with E-state index >= 15 is 0 Å². The zero-order valence-corrected chi connectivity index (χ0v) is 14.5. The van der Waals surface area contributed by atoms with Crippen LogP contribution in [0, 0.1) is 12.3 Å². The van der Waals surface area contributed by atoms with E-state index in [-0.39, 0.29) is 16.9 Å². The van der Waals surface area contributed by atoms with Gasteiger partial charge in [-0.1, -0.05) is 24.6 Å². The van der Waals surface area contributed by atoms with Gasteiger partial charge in [-0.2, -0.15) is 8.42 Å². The van der Waals surface area contributed by atoms with E-state index in [0.29, 0.717) is 13.2 Å². The van der Waals surface area contributed by atoms with Gasteiger partial charge in [-0.3, -0.25) is 4.18 Å². The lowest BCUT2D eigenvalue weighted by atomic mass is 9.74. The van der Waals surface area contributed by atoms with Crippen LogP contribution in [0.5, 0.6) is 0 Å². The normalized spacial score (nSPS) is 23.2. The molecule has 0 unspecified atom stereocenters. The number of hydrogen-bond donors (Lipinski definition) is 0. The SMILES string of the molecule is Cc1ccc(S(=O)(=O)OCC2(C)CCC3(CC2)OCCO3)cc1. The standard InChI is InChI=1S/C17H24O5S/c1-14-3-5-15(6-4-14)23(18,19)22-13-16(2)7-9-17(10-8-16)20-11-12-21-17/h3-6H,7-13H2,1-2H3. The van der Waals surface area contributed by atoms with Gasteiger partial charge in [0.2, 0.25) is 0 Å². The van der Waals surface area contributed by atoms with Crippen LogP contribution in [-0.2, 0) is 23.8 Å². The number of benzene rings is 1. The Bertz CT molecular complexity index is 634. The molecule has 1 aromatic rings. The van der Waals surface area contributed by atoms with Crippen molar-refractivity contribution in [2.45, 2.75) is 50.2 Å². The van der Waals surface area contributed by atoms with Crippen molar-refractivity contribution in [2.24, 2.45) is 5.41 Å². The third-order valence-electron chi connectivity index (χ3n) is 4.90. The minimum absolute atomic E-state index is 0.168. The fourth-order valence-corrected chi connectivity index (χ4v) is 4.20. The number of aryl methyl sites for hydroxylation is 1. The van der Waals surface area contributed by atoms with Gasteiger partial charge in [0.1, 0.15) is 0 Å². The molecule has 23 heavy (non-hydrogen) atoms. The molecule has 0 bridgehead atoms. The lowest BCUT2D eigenvalue weighted by Crippen LogP contribution is -2.41. The van der Waals surface area contributed by atoms with Crippen LogP contribution in [0.3, 0.4) is 0 Å². The van der Waals surface area contributed by atoms with Crippen LogP contribution in [0.2, 0.25) is 0 Å². The lowest BCUT2D eigenvalue weighted by molar-refractivity contribution is -0.192. The fourth-order valence-electron chi connectivity index (χ4n) is 3.16. The molecule has 128 valence electrons. The van der Waals surface area contributed by atoms with Gasteiger partial charge in [-0.15, -0.1) is 0 Å². The summed E-state index contributed by atoms with van der Waals surface area (Å²) in [7, 11) is -3.70. The maximum Gasteiger partial charge on any atom is 0.296 e. The Kier molecular flexibility index (Phi) is 4.53. The van der Waals surface area contributed by atoms with Gasteiger partial charge >= 0.3 is 0 Å². The predicted molar refractivity (Wildman–Crippen MR) is 85.5 cm³/mol. The van der Waals surface area contributed by atoms with Gasteiger partial charge in [0, 0.05) is 12.8 Å². The van der Waals surface area contributed by atoms with Crippen molar-refractivity contribution < 1.29 is 22.1 Å². The van der Waals surface area contributed by atoms with Crippen LogP contribution < -0.4 is 0 Å². The maximum absolute atomic E-state index is 12.3. The second-order valence-electron chi connectivity index (χ2n) is 6.95. The highest BCUT2D eigenvalue weighted by Gasteiger charge is 2.44. The van der Waals surface area contributed by atoms with Gasteiger partial charge in [0.05, 0.1) is 24.7 Å². The average molecular weight is 340 g/mol. The first kappa shape index (κ1) is 16.9. The molecule has 1 heterocycles. The maximum atomic E-state index is 12.3.